The van der Waals surface area contributed by atoms with Crippen LogP contribution < -0.4 is 15.0 Å². The average Bonchev–Trinajstić information content (AvgIpc) is 3.03. The maximum absolute atomic E-state index is 13.1. The van der Waals surface area contributed by atoms with Crippen molar-refractivity contribution >= 4 is 22.6 Å². The smallest absolute Gasteiger partial charge is 0.271 e. The van der Waals surface area contributed by atoms with Crippen molar-refractivity contribution in [3.63, 3.8) is 0 Å². The Hall–Kier alpha value is -2.35. The van der Waals surface area contributed by atoms with Crippen molar-refractivity contribution in [1.82, 2.24) is 9.78 Å². The molecular formula is C22H29N3O4S. The van der Waals surface area contributed by atoms with Crippen molar-refractivity contribution in [2.45, 2.75) is 63.2 Å². The van der Waals surface area contributed by atoms with Crippen molar-refractivity contribution < 1.29 is 14.6 Å². The van der Waals surface area contributed by atoms with Crippen LogP contribution >= 0.6 is 11.8 Å². The number of fused-ring (bicyclic) bond motifs is 1. The van der Waals surface area contributed by atoms with Gasteiger partial charge in [-0.05, 0) is 37.5 Å². The van der Waals surface area contributed by atoms with Gasteiger partial charge in [0.1, 0.15) is 0 Å². The average molecular weight is 432 g/mol. The summed E-state index contributed by atoms with van der Waals surface area (Å²) in [6.45, 7) is 1.97. The number of aromatic hydroxyl groups is 1. The molecule has 1 aliphatic carbocycles. The minimum atomic E-state index is -0.251. The SMILES string of the molecule is COc1cc([C@@H]2SC(C)=Nc3c2c(=O)[nH]n3C2CCCCCCC2)cc(OC)c1O. The molecule has 0 radical (unpaired) electrons. The third kappa shape index (κ3) is 3.85. The van der Waals surface area contributed by atoms with Crippen molar-refractivity contribution in [3.8, 4) is 17.2 Å². The second-order valence-corrected chi connectivity index (χ2v) is 9.25. The van der Waals surface area contributed by atoms with E-state index in [-0.39, 0.29) is 22.6 Å². The molecule has 7 nitrogen and oxygen atoms in total. The molecule has 8 heteroatoms. The largest absolute Gasteiger partial charge is 0.502 e. The molecule has 0 amide bonds. The topological polar surface area (TPSA) is 88.8 Å². The Kier molecular flexibility index (Phi) is 6.13. The summed E-state index contributed by atoms with van der Waals surface area (Å²) < 4.78 is 12.7. The molecule has 1 aliphatic heterocycles. The molecule has 1 saturated carbocycles. The highest BCUT2D eigenvalue weighted by atomic mass is 32.2. The summed E-state index contributed by atoms with van der Waals surface area (Å²) in [6, 6.07) is 3.81. The highest BCUT2D eigenvalue weighted by Gasteiger charge is 2.33. The molecule has 1 aromatic carbocycles. The van der Waals surface area contributed by atoms with Crippen LogP contribution in [0.4, 0.5) is 5.82 Å². The number of thioether (sulfide) groups is 1. The van der Waals surface area contributed by atoms with E-state index in [9.17, 15) is 9.90 Å². The van der Waals surface area contributed by atoms with Gasteiger partial charge in [0.15, 0.2) is 17.3 Å². The fraction of sp³-hybridized carbons (Fsp3) is 0.545. The molecule has 2 heterocycles. The Balaban J connectivity index is 1.80. The van der Waals surface area contributed by atoms with Crippen LogP contribution in [0.2, 0.25) is 0 Å². The Morgan fingerprint density at radius 2 is 1.70 bits per heavy atom. The maximum atomic E-state index is 13.1. The molecule has 0 unspecified atom stereocenters. The van der Waals surface area contributed by atoms with E-state index < -0.39 is 0 Å². The van der Waals surface area contributed by atoms with Gasteiger partial charge in [-0.2, -0.15) is 0 Å². The number of methoxy groups -OCH3 is 2. The van der Waals surface area contributed by atoms with Crippen LogP contribution in [-0.4, -0.2) is 34.2 Å². The van der Waals surface area contributed by atoms with Gasteiger partial charge in [-0.15, -0.1) is 0 Å². The predicted molar refractivity (Wildman–Crippen MR) is 120 cm³/mol. The Bertz CT molecular complexity index is 977. The number of H-pyrrole nitrogens is 1. The number of rotatable bonds is 4. The lowest BCUT2D eigenvalue weighted by molar-refractivity contribution is 0.339. The number of aromatic amines is 1. The second-order valence-electron chi connectivity index (χ2n) is 7.95. The van der Waals surface area contributed by atoms with Gasteiger partial charge < -0.3 is 14.6 Å². The number of aliphatic imine (C=N–C) groups is 1. The number of aromatic nitrogens is 2. The van der Waals surface area contributed by atoms with Crippen molar-refractivity contribution in [3.05, 3.63) is 33.6 Å². The van der Waals surface area contributed by atoms with Crippen LogP contribution in [0.5, 0.6) is 17.2 Å². The summed E-state index contributed by atoms with van der Waals surface area (Å²) in [5.74, 6) is 1.33. The Labute approximate surface area is 180 Å². The minimum absolute atomic E-state index is 0.0452. The maximum Gasteiger partial charge on any atom is 0.271 e. The predicted octanol–water partition coefficient (Wildman–Crippen LogP) is 5.07. The van der Waals surface area contributed by atoms with E-state index in [2.05, 4.69) is 5.10 Å². The zero-order chi connectivity index (χ0) is 21.3. The lowest BCUT2D eigenvalue weighted by Crippen LogP contribution is -2.15. The van der Waals surface area contributed by atoms with Crippen LogP contribution in [0.15, 0.2) is 21.9 Å². The quantitative estimate of drug-likeness (QED) is 0.705. The zero-order valence-corrected chi connectivity index (χ0v) is 18.6. The van der Waals surface area contributed by atoms with Gasteiger partial charge in [-0.25, -0.2) is 4.99 Å². The molecule has 1 aromatic heterocycles. The first kappa shape index (κ1) is 20.9. The van der Waals surface area contributed by atoms with Gasteiger partial charge in [0.05, 0.1) is 36.1 Å². The summed E-state index contributed by atoms with van der Waals surface area (Å²) in [7, 11) is 3.00. The van der Waals surface area contributed by atoms with Crippen molar-refractivity contribution in [2.24, 2.45) is 4.99 Å². The number of phenols is 1. The standard InChI is InChI=1S/C22H29N3O4S/c1-13-23-21-18(22(27)24-25(21)15-9-7-5-4-6-8-10-15)20(30-13)14-11-16(28-2)19(26)17(12-14)29-3/h11-12,15,20,26H,4-10H2,1-3H3,(H,24,27)/t20-/m0/s1. The Morgan fingerprint density at radius 1 is 1.10 bits per heavy atom. The summed E-state index contributed by atoms with van der Waals surface area (Å²) >= 11 is 1.53. The molecule has 0 bridgehead atoms. The van der Waals surface area contributed by atoms with E-state index in [1.165, 1.54) is 58.1 Å². The number of nitrogens with one attached hydrogen (secondary N) is 1. The van der Waals surface area contributed by atoms with Gasteiger partial charge >= 0.3 is 0 Å². The highest BCUT2D eigenvalue weighted by molar-refractivity contribution is 8.14. The van der Waals surface area contributed by atoms with E-state index >= 15 is 0 Å². The van der Waals surface area contributed by atoms with Gasteiger partial charge in [-0.3, -0.25) is 14.6 Å². The second kappa shape index (κ2) is 8.79. The number of benzene rings is 1. The number of hydrogen-bond acceptors (Lipinski definition) is 6. The zero-order valence-electron chi connectivity index (χ0n) is 17.7. The Morgan fingerprint density at radius 3 is 2.30 bits per heavy atom. The van der Waals surface area contributed by atoms with E-state index in [1.807, 2.05) is 11.6 Å². The third-order valence-corrected chi connectivity index (χ3v) is 7.17. The molecule has 2 aliphatic rings. The molecule has 0 saturated heterocycles. The fourth-order valence-corrected chi connectivity index (χ4v) is 5.55. The van der Waals surface area contributed by atoms with Crippen LogP contribution in [0.1, 0.15) is 74.3 Å². The van der Waals surface area contributed by atoms with E-state index in [0.717, 1.165) is 29.3 Å². The summed E-state index contributed by atoms with van der Waals surface area (Å²) in [5, 5.41) is 14.0. The number of hydrogen-bond donors (Lipinski definition) is 2. The third-order valence-electron chi connectivity index (χ3n) is 5.99. The first-order valence-electron chi connectivity index (χ1n) is 10.5. The van der Waals surface area contributed by atoms with Gasteiger partial charge in [0.2, 0.25) is 5.75 Å². The molecule has 2 N–H and O–H groups in total. The lowest BCUT2D eigenvalue weighted by atomic mass is 9.96. The molecule has 2 aromatic rings. The molecule has 4 rings (SSSR count). The van der Waals surface area contributed by atoms with Crippen LogP contribution in [0.25, 0.3) is 0 Å². The van der Waals surface area contributed by atoms with E-state index in [1.54, 1.807) is 12.1 Å². The highest BCUT2D eigenvalue weighted by Crippen LogP contribution is 2.48. The summed E-state index contributed by atoms with van der Waals surface area (Å²) in [4.78, 5) is 17.9. The molecule has 0 spiro atoms. The van der Waals surface area contributed by atoms with Gasteiger partial charge in [0.25, 0.3) is 5.56 Å². The summed E-state index contributed by atoms with van der Waals surface area (Å²) in [5.41, 5.74) is 1.39. The molecule has 162 valence electrons. The molecular weight excluding hydrogens is 402 g/mol. The number of ether oxygens (including phenoxy) is 2. The number of nitrogens with zero attached hydrogens (tertiary/aromatic N) is 2. The minimum Gasteiger partial charge on any atom is -0.502 e. The van der Waals surface area contributed by atoms with Gasteiger partial charge in [0, 0.05) is 0 Å². The monoisotopic (exact) mass is 431 g/mol. The summed E-state index contributed by atoms with van der Waals surface area (Å²) in [6.07, 6.45) is 8.26. The lowest BCUT2D eigenvalue weighted by Gasteiger charge is -2.25. The number of phenolic OH excluding ortho intramolecular Hbond substituents is 1. The first-order valence-corrected chi connectivity index (χ1v) is 11.4. The van der Waals surface area contributed by atoms with Crippen molar-refractivity contribution in [2.75, 3.05) is 14.2 Å². The molecule has 1 atom stereocenters. The normalized spacial score (nSPS) is 20.1. The molecule has 30 heavy (non-hydrogen) atoms. The van der Waals surface area contributed by atoms with E-state index in [0.29, 0.717) is 17.1 Å². The van der Waals surface area contributed by atoms with Crippen molar-refractivity contribution in [1.29, 1.82) is 0 Å². The van der Waals surface area contributed by atoms with Crippen LogP contribution in [0, 0.1) is 0 Å². The molecule has 1 fully saturated rings. The fourth-order valence-electron chi connectivity index (χ4n) is 4.47. The van der Waals surface area contributed by atoms with Crippen LogP contribution in [-0.2, 0) is 0 Å². The first-order chi connectivity index (χ1) is 14.5. The van der Waals surface area contributed by atoms with Gasteiger partial charge in [-0.1, -0.05) is 43.9 Å². The van der Waals surface area contributed by atoms with Crippen LogP contribution in [0.3, 0.4) is 0 Å². The van der Waals surface area contributed by atoms with E-state index in [4.69, 9.17) is 14.5 Å².